The second-order valence-electron chi connectivity index (χ2n) is 5.47. The minimum absolute atomic E-state index is 0.293. The van der Waals surface area contributed by atoms with Crippen LogP contribution in [0.3, 0.4) is 0 Å². The van der Waals surface area contributed by atoms with Crippen LogP contribution in [0.25, 0.3) is 0 Å². The molecule has 16 heavy (non-hydrogen) atoms. The van der Waals surface area contributed by atoms with Crippen LogP contribution in [0.1, 0.15) is 33.1 Å². The fourth-order valence-electron chi connectivity index (χ4n) is 2.63. The number of hydrogen-bond acceptors (Lipinski definition) is 3. The van der Waals surface area contributed by atoms with Crippen LogP contribution in [0.2, 0.25) is 0 Å². The third kappa shape index (κ3) is 2.83. The van der Waals surface area contributed by atoms with Crippen LogP contribution in [-0.4, -0.2) is 43.0 Å². The van der Waals surface area contributed by atoms with E-state index in [1.807, 2.05) is 0 Å². The van der Waals surface area contributed by atoms with Gasteiger partial charge in [0.05, 0.1) is 0 Å². The fourth-order valence-corrected chi connectivity index (χ4v) is 2.63. The lowest BCUT2D eigenvalue weighted by Gasteiger charge is -2.42. The molecule has 3 nitrogen and oxygen atoms in total. The zero-order valence-electron chi connectivity index (χ0n) is 10.4. The number of rotatable bonds is 4. The fraction of sp³-hybridized carbons (Fsp3) is 0.923. The minimum Gasteiger partial charge on any atom is -0.381 e. The predicted octanol–water partition coefficient (Wildman–Crippen LogP) is 1.71. The molecule has 0 bridgehead atoms. The van der Waals surface area contributed by atoms with Crippen LogP contribution < -0.4 is 0 Å². The van der Waals surface area contributed by atoms with E-state index >= 15 is 0 Å². The molecule has 0 saturated carbocycles. The van der Waals surface area contributed by atoms with Crippen LogP contribution >= 0.6 is 0 Å². The molecule has 2 aliphatic heterocycles. The summed E-state index contributed by atoms with van der Waals surface area (Å²) >= 11 is 0. The molecule has 2 fully saturated rings. The van der Waals surface area contributed by atoms with Crippen molar-refractivity contribution in [1.29, 1.82) is 0 Å². The van der Waals surface area contributed by atoms with E-state index in [4.69, 9.17) is 4.74 Å². The zero-order valence-corrected chi connectivity index (χ0v) is 10.4. The lowest BCUT2D eigenvalue weighted by Crippen LogP contribution is -2.51. The molecule has 0 N–H and O–H groups in total. The number of Topliss-reactive ketones (excluding diaryl/α,β-unsaturated/α-hetero) is 1. The Labute approximate surface area is 98.1 Å². The van der Waals surface area contributed by atoms with Gasteiger partial charge < -0.3 is 9.64 Å². The molecule has 3 heteroatoms. The summed E-state index contributed by atoms with van der Waals surface area (Å²) in [6.45, 7) is 8.23. The summed E-state index contributed by atoms with van der Waals surface area (Å²) < 4.78 is 5.28. The Morgan fingerprint density at radius 1 is 1.31 bits per heavy atom. The molecule has 2 saturated heterocycles. The predicted molar refractivity (Wildman–Crippen MR) is 63.4 cm³/mol. The molecule has 0 atom stereocenters. The summed E-state index contributed by atoms with van der Waals surface area (Å²) in [4.78, 5) is 14.4. The van der Waals surface area contributed by atoms with Crippen molar-refractivity contribution >= 4 is 5.78 Å². The first-order valence-corrected chi connectivity index (χ1v) is 6.51. The molecular weight excluding hydrogens is 202 g/mol. The maximum Gasteiger partial charge on any atom is 0.136 e. The van der Waals surface area contributed by atoms with Gasteiger partial charge in [-0.25, -0.2) is 0 Å². The Kier molecular flexibility index (Phi) is 3.98. The van der Waals surface area contributed by atoms with E-state index in [-0.39, 0.29) is 0 Å². The Bertz CT molecular complexity index is 240. The highest BCUT2D eigenvalue weighted by Gasteiger charge is 2.32. The van der Waals surface area contributed by atoms with Gasteiger partial charge in [-0.1, -0.05) is 0 Å². The van der Waals surface area contributed by atoms with Gasteiger partial charge in [-0.3, -0.25) is 4.79 Å². The highest BCUT2D eigenvalue weighted by molar-refractivity contribution is 5.81. The van der Waals surface area contributed by atoms with Crippen LogP contribution in [0, 0.1) is 11.8 Å². The lowest BCUT2D eigenvalue weighted by molar-refractivity contribution is -0.128. The first-order chi connectivity index (χ1) is 7.66. The van der Waals surface area contributed by atoms with Crippen molar-refractivity contribution < 1.29 is 9.53 Å². The second kappa shape index (κ2) is 5.28. The summed E-state index contributed by atoms with van der Waals surface area (Å²) in [7, 11) is 0. The molecule has 0 aromatic rings. The summed E-state index contributed by atoms with van der Waals surface area (Å²) in [5, 5.41) is 0. The van der Waals surface area contributed by atoms with Crippen LogP contribution in [-0.2, 0) is 9.53 Å². The normalized spacial score (nSPS) is 24.7. The molecule has 0 aromatic heterocycles. The molecule has 0 amide bonds. The van der Waals surface area contributed by atoms with Crippen molar-refractivity contribution in [2.75, 3.05) is 26.3 Å². The van der Waals surface area contributed by atoms with Crippen molar-refractivity contribution in [3.05, 3.63) is 0 Å². The van der Waals surface area contributed by atoms with Crippen molar-refractivity contribution in [3.63, 3.8) is 0 Å². The number of carbonyl (C=O) groups excluding carboxylic acids is 1. The van der Waals surface area contributed by atoms with Gasteiger partial charge in [0.1, 0.15) is 5.78 Å². The highest BCUT2D eigenvalue weighted by atomic mass is 16.5. The van der Waals surface area contributed by atoms with Gasteiger partial charge in [0.2, 0.25) is 0 Å². The average Bonchev–Trinajstić information content (AvgIpc) is 2.23. The first-order valence-electron chi connectivity index (χ1n) is 6.51. The number of carbonyl (C=O) groups is 1. The monoisotopic (exact) mass is 225 g/mol. The molecule has 2 heterocycles. The number of likely N-dealkylation sites (tertiary alicyclic amines) is 1. The third-order valence-electron chi connectivity index (χ3n) is 3.88. The first kappa shape index (κ1) is 12.1. The zero-order chi connectivity index (χ0) is 11.5. The Hall–Kier alpha value is -0.410. The van der Waals surface area contributed by atoms with Crippen LogP contribution in [0.15, 0.2) is 0 Å². The van der Waals surface area contributed by atoms with Gasteiger partial charge in [-0.05, 0) is 32.6 Å². The van der Waals surface area contributed by atoms with Crippen LogP contribution in [0.5, 0.6) is 0 Å². The van der Waals surface area contributed by atoms with E-state index in [0.717, 1.165) is 45.6 Å². The second-order valence-corrected chi connectivity index (χ2v) is 5.47. The summed E-state index contributed by atoms with van der Waals surface area (Å²) in [5.41, 5.74) is 0. The van der Waals surface area contributed by atoms with E-state index in [0.29, 0.717) is 23.7 Å². The van der Waals surface area contributed by atoms with Crippen LogP contribution in [0.4, 0.5) is 0 Å². The van der Waals surface area contributed by atoms with Gasteiger partial charge >= 0.3 is 0 Å². The highest BCUT2D eigenvalue weighted by Crippen LogP contribution is 2.25. The van der Waals surface area contributed by atoms with Gasteiger partial charge in [0.25, 0.3) is 0 Å². The van der Waals surface area contributed by atoms with Gasteiger partial charge in [-0.15, -0.1) is 0 Å². The molecule has 0 unspecified atom stereocenters. The Balaban J connectivity index is 1.68. The van der Waals surface area contributed by atoms with E-state index in [2.05, 4.69) is 18.7 Å². The summed E-state index contributed by atoms with van der Waals surface area (Å²) in [5.74, 6) is 1.40. The van der Waals surface area contributed by atoms with Crippen molar-refractivity contribution in [2.24, 2.45) is 11.8 Å². The number of hydrogen-bond donors (Lipinski definition) is 0. The van der Waals surface area contributed by atoms with E-state index in [1.165, 1.54) is 0 Å². The molecule has 2 aliphatic rings. The van der Waals surface area contributed by atoms with E-state index in [1.54, 1.807) is 0 Å². The molecule has 92 valence electrons. The van der Waals surface area contributed by atoms with Crippen molar-refractivity contribution in [2.45, 2.75) is 39.2 Å². The molecule has 0 aliphatic carbocycles. The van der Waals surface area contributed by atoms with Crippen molar-refractivity contribution in [1.82, 2.24) is 4.90 Å². The van der Waals surface area contributed by atoms with Gasteiger partial charge in [0.15, 0.2) is 0 Å². The average molecular weight is 225 g/mol. The summed E-state index contributed by atoms with van der Waals surface area (Å²) in [6.07, 6.45) is 2.69. The Morgan fingerprint density at radius 2 is 1.94 bits per heavy atom. The topological polar surface area (TPSA) is 29.5 Å². The standard InChI is InChI=1S/C13H23NO2/c1-10(2)14-8-11(9-14)7-13(15)12-3-5-16-6-4-12/h10-12H,3-9H2,1-2H3. The van der Waals surface area contributed by atoms with Gasteiger partial charge in [-0.2, -0.15) is 0 Å². The maximum absolute atomic E-state index is 12.0. The SMILES string of the molecule is CC(C)N1CC(CC(=O)C2CCOCC2)C1. The number of ether oxygens (including phenoxy) is 1. The quantitative estimate of drug-likeness (QED) is 0.729. The molecule has 0 spiro atoms. The van der Waals surface area contributed by atoms with Gasteiger partial charge in [0, 0.05) is 44.7 Å². The largest absolute Gasteiger partial charge is 0.381 e. The summed E-state index contributed by atoms with van der Waals surface area (Å²) in [6, 6.07) is 0.634. The maximum atomic E-state index is 12.0. The van der Waals surface area contributed by atoms with Crippen molar-refractivity contribution in [3.8, 4) is 0 Å². The third-order valence-corrected chi connectivity index (χ3v) is 3.88. The molecular formula is C13H23NO2. The lowest BCUT2D eigenvalue weighted by atomic mass is 9.85. The molecule has 0 aromatic carbocycles. The van der Waals surface area contributed by atoms with E-state index in [9.17, 15) is 4.79 Å². The number of ketones is 1. The molecule has 0 radical (unpaired) electrons. The number of nitrogens with zero attached hydrogens (tertiary/aromatic N) is 1. The smallest absolute Gasteiger partial charge is 0.136 e. The minimum atomic E-state index is 0.293. The van der Waals surface area contributed by atoms with E-state index < -0.39 is 0 Å². The molecule has 2 rings (SSSR count). The Morgan fingerprint density at radius 3 is 2.50 bits per heavy atom.